The maximum absolute atomic E-state index is 10.5. The van der Waals surface area contributed by atoms with E-state index < -0.39 is 6.10 Å². The second-order valence-electron chi connectivity index (χ2n) is 12.8. The Morgan fingerprint density at radius 1 is 0.578 bits per heavy atom. The highest BCUT2D eigenvalue weighted by Gasteiger charge is 2.27. The van der Waals surface area contributed by atoms with E-state index in [0.29, 0.717) is 24.7 Å². The van der Waals surface area contributed by atoms with Crippen molar-refractivity contribution in [3.63, 3.8) is 0 Å². The highest BCUT2D eigenvalue weighted by atomic mass is 16.8. The predicted octanol–water partition coefficient (Wildman–Crippen LogP) is 6.67. The van der Waals surface area contributed by atoms with Crippen molar-refractivity contribution in [3.8, 4) is 23.0 Å². The van der Waals surface area contributed by atoms with Gasteiger partial charge in [-0.25, -0.2) is 0 Å². The third-order valence-electron chi connectivity index (χ3n) is 8.60. The van der Waals surface area contributed by atoms with Gasteiger partial charge < -0.3 is 33.5 Å². The largest absolute Gasteiger partial charge is 0.491 e. The van der Waals surface area contributed by atoms with Crippen LogP contribution < -0.4 is 18.9 Å². The van der Waals surface area contributed by atoms with Crippen LogP contribution in [0.1, 0.15) is 49.9 Å². The van der Waals surface area contributed by atoms with E-state index in [-0.39, 0.29) is 36.4 Å². The van der Waals surface area contributed by atoms with E-state index in [9.17, 15) is 5.11 Å². The summed E-state index contributed by atoms with van der Waals surface area (Å²) < 4.78 is 33.5. The lowest BCUT2D eigenvalue weighted by Gasteiger charge is -2.26. The summed E-state index contributed by atoms with van der Waals surface area (Å²) in [5.41, 5.74) is 4.31. The predicted molar refractivity (Wildman–Crippen MR) is 173 cm³/mol. The fourth-order valence-corrected chi connectivity index (χ4v) is 5.23. The molecule has 2 aliphatic rings. The van der Waals surface area contributed by atoms with Crippen LogP contribution in [-0.4, -0.2) is 56.6 Å². The standard InChI is InChI=1S/C38H42O7/c1-37(2,28-9-17-33(18-10-28)42-23-35-24-43-35)26-5-13-31(14-6-26)40-21-30(39)22-41-32-15-7-27(8-16-32)38(3,4)29-11-19-34(20-12-29)45-36-25-44-36/h5-20,30,35-36,39H,21-25H2,1-4H3. The van der Waals surface area contributed by atoms with Crippen LogP contribution in [0.5, 0.6) is 23.0 Å². The Hall–Kier alpha value is -4.04. The van der Waals surface area contributed by atoms with E-state index in [1.54, 1.807) is 0 Å². The minimum atomic E-state index is -0.772. The highest BCUT2D eigenvalue weighted by Crippen LogP contribution is 2.35. The average molecular weight is 611 g/mol. The Bertz CT molecular complexity index is 1520. The molecule has 4 aromatic carbocycles. The molecule has 0 aliphatic carbocycles. The van der Waals surface area contributed by atoms with E-state index in [4.69, 9.17) is 28.4 Å². The maximum atomic E-state index is 10.5. The summed E-state index contributed by atoms with van der Waals surface area (Å²) in [5, 5.41) is 10.5. The van der Waals surface area contributed by atoms with Crippen LogP contribution in [0.4, 0.5) is 0 Å². The van der Waals surface area contributed by atoms with Gasteiger partial charge in [-0.3, -0.25) is 0 Å². The number of aliphatic hydroxyl groups is 1. The molecule has 0 radical (unpaired) electrons. The van der Waals surface area contributed by atoms with Crippen molar-refractivity contribution in [2.45, 2.75) is 57.0 Å². The first-order valence-corrected chi connectivity index (χ1v) is 15.6. The quantitative estimate of drug-likeness (QED) is 0.151. The SMILES string of the molecule is CC(C)(c1ccc(OCC(O)COc2ccc(C(C)(C)c3ccc(OC4CO4)cc3)cc2)cc1)c1ccc(OCC2CO2)cc1. The number of ether oxygens (including phenoxy) is 6. The molecule has 6 rings (SSSR count). The van der Waals surface area contributed by atoms with Gasteiger partial charge in [0.05, 0.1) is 6.61 Å². The zero-order valence-electron chi connectivity index (χ0n) is 26.4. The van der Waals surface area contributed by atoms with Gasteiger partial charge in [0.15, 0.2) is 0 Å². The summed E-state index contributed by atoms with van der Waals surface area (Å²) in [6.07, 6.45) is -0.633. The summed E-state index contributed by atoms with van der Waals surface area (Å²) in [6.45, 7) is 11.1. The van der Waals surface area contributed by atoms with Crippen molar-refractivity contribution >= 4 is 0 Å². The highest BCUT2D eigenvalue weighted by molar-refractivity contribution is 5.43. The van der Waals surface area contributed by atoms with Crippen molar-refractivity contribution in [2.24, 2.45) is 0 Å². The van der Waals surface area contributed by atoms with Gasteiger partial charge in [0.2, 0.25) is 6.29 Å². The molecule has 0 amide bonds. The molecule has 2 fully saturated rings. The Balaban J connectivity index is 0.959. The second kappa shape index (κ2) is 13.1. The molecule has 2 aliphatic heterocycles. The van der Waals surface area contributed by atoms with Crippen molar-refractivity contribution < 1.29 is 33.5 Å². The van der Waals surface area contributed by atoms with Crippen LogP contribution in [0.25, 0.3) is 0 Å². The molecule has 0 saturated carbocycles. The second-order valence-corrected chi connectivity index (χ2v) is 12.8. The zero-order valence-corrected chi connectivity index (χ0v) is 26.4. The van der Waals surface area contributed by atoms with Gasteiger partial charge in [-0.2, -0.15) is 0 Å². The van der Waals surface area contributed by atoms with Gasteiger partial charge in [0.1, 0.15) is 61.6 Å². The van der Waals surface area contributed by atoms with Crippen molar-refractivity contribution in [2.75, 3.05) is 33.0 Å². The first kappa shape index (κ1) is 31.0. The first-order chi connectivity index (χ1) is 21.7. The molecule has 0 aromatic heterocycles. The minimum absolute atomic E-state index is 0.102. The lowest BCUT2D eigenvalue weighted by atomic mass is 9.78. The van der Waals surface area contributed by atoms with E-state index in [1.807, 2.05) is 48.5 Å². The van der Waals surface area contributed by atoms with E-state index in [2.05, 4.69) is 76.2 Å². The van der Waals surface area contributed by atoms with Gasteiger partial charge in [0, 0.05) is 10.8 Å². The maximum Gasteiger partial charge on any atom is 0.223 e. The molecular formula is C38H42O7. The molecule has 3 atom stereocenters. The van der Waals surface area contributed by atoms with Crippen molar-refractivity contribution in [1.82, 2.24) is 0 Å². The number of rotatable bonds is 15. The molecule has 236 valence electrons. The lowest BCUT2D eigenvalue weighted by Crippen LogP contribution is -2.25. The summed E-state index contributed by atoms with van der Waals surface area (Å²) in [6, 6.07) is 32.4. The van der Waals surface area contributed by atoms with E-state index in [1.165, 1.54) is 16.7 Å². The van der Waals surface area contributed by atoms with Crippen LogP contribution in [0.3, 0.4) is 0 Å². The Kier molecular flexibility index (Phi) is 9.04. The van der Waals surface area contributed by atoms with Gasteiger partial charge in [-0.05, 0) is 70.8 Å². The van der Waals surface area contributed by atoms with Crippen LogP contribution in [-0.2, 0) is 20.3 Å². The number of hydrogen-bond donors (Lipinski definition) is 1. The Morgan fingerprint density at radius 3 is 1.29 bits per heavy atom. The third-order valence-corrected chi connectivity index (χ3v) is 8.60. The number of aliphatic hydroxyl groups excluding tert-OH is 1. The van der Waals surface area contributed by atoms with Gasteiger partial charge in [0.25, 0.3) is 0 Å². The molecule has 1 N–H and O–H groups in total. The molecule has 2 saturated heterocycles. The van der Waals surface area contributed by atoms with E-state index in [0.717, 1.165) is 23.7 Å². The van der Waals surface area contributed by atoms with Crippen LogP contribution in [0, 0.1) is 0 Å². The van der Waals surface area contributed by atoms with Gasteiger partial charge >= 0.3 is 0 Å². The normalized spacial score (nSPS) is 18.2. The number of benzene rings is 4. The molecule has 3 unspecified atom stereocenters. The molecule has 2 heterocycles. The third kappa shape index (κ3) is 7.98. The molecule has 0 spiro atoms. The summed E-state index contributed by atoms with van der Waals surface area (Å²) in [7, 11) is 0. The van der Waals surface area contributed by atoms with Crippen molar-refractivity contribution in [1.29, 1.82) is 0 Å². The minimum Gasteiger partial charge on any atom is -0.491 e. The van der Waals surface area contributed by atoms with Gasteiger partial charge in [-0.1, -0.05) is 76.2 Å². The number of hydrogen-bond acceptors (Lipinski definition) is 7. The fourth-order valence-electron chi connectivity index (χ4n) is 5.23. The molecule has 4 aromatic rings. The summed E-state index contributed by atoms with van der Waals surface area (Å²) in [4.78, 5) is 0. The summed E-state index contributed by atoms with van der Waals surface area (Å²) >= 11 is 0. The van der Waals surface area contributed by atoms with Gasteiger partial charge in [-0.15, -0.1) is 0 Å². The molecule has 45 heavy (non-hydrogen) atoms. The topological polar surface area (TPSA) is 82.2 Å². The molecule has 7 heteroatoms. The van der Waals surface area contributed by atoms with Crippen molar-refractivity contribution in [3.05, 3.63) is 119 Å². The molecule has 0 bridgehead atoms. The summed E-state index contributed by atoms with van der Waals surface area (Å²) in [5.74, 6) is 3.06. The van der Waals surface area contributed by atoms with Crippen LogP contribution in [0.15, 0.2) is 97.1 Å². The van der Waals surface area contributed by atoms with Crippen LogP contribution in [0.2, 0.25) is 0 Å². The Labute approximate surface area is 265 Å². The Morgan fingerprint density at radius 2 is 0.933 bits per heavy atom. The monoisotopic (exact) mass is 610 g/mol. The zero-order chi connectivity index (χ0) is 31.4. The van der Waals surface area contributed by atoms with Crippen LogP contribution >= 0.6 is 0 Å². The number of epoxide rings is 2. The smallest absolute Gasteiger partial charge is 0.223 e. The average Bonchev–Trinajstić information content (AvgIpc) is 4.00. The lowest BCUT2D eigenvalue weighted by molar-refractivity contribution is 0.0626. The van der Waals surface area contributed by atoms with E-state index >= 15 is 0 Å². The molecule has 7 nitrogen and oxygen atoms in total. The first-order valence-electron chi connectivity index (χ1n) is 15.6. The fraction of sp³-hybridized carbons (Fsp3) is 0.368. The molecular weight excluding hydrogens is 568 g/mol.